The molecule has 1 unspecified atom stereocenters. The fourth-order valence-electron chi connectivity index (χ4n) is 2.62. The number of carbonyl (C=O) groups excluding carboxylic acids is 1. The molecule has 0 saturated carbocycles. The number of carbonyl (C=O) groups is 1. The summed E-state index contributed by atoms with van der Waals surface area (Å²) in [6.07, 6.45) is 1.11. The molecular weight excluding hydrogens is 236 g/mol. The third-order valence-corrected chi connectivity index (χ3v) is 4.14. The van der Waals surface area contributed by atoms with Gasteiger partial charge in [-0.1, -0.05) is 32.9 Å². The Kier molecular flexibility index (Phi) is 3.95. The van der Waals surface area contributed by atoms with Crippen molar-refractivity contribution >= 4 is 5.91 Å². The summed E-state index contributed by atoms with van der Waals surface area (Å²) < 4.78 is 0. The molecule has 1 aliphatic rings. The molecule has 0 radical (unpaired) electrons. The predicted molar refractivity (Wildman–Crippen MR) is 77.8 cm³/mol. The maximum absolute atomic E-state index is 12.4. The molecule has 1 aromatic rings. The first-order valence-corrected chi connectivity index (χ1v) is 7.00. The molecule has 1 heterocycles. The quantitative estimate of drug-likeness (QED) is 0.888. The van der Waals surface area contributed by atoms with E-state index in [-0.39, 0.29) is 11.3 Å². The fraction of sp³-hybridized carbons (Fsp3) is 0.562. The highest BCUT2D eigenvalue weighted by Gasteiger charge is 2.33. The number of hydrogen-bond donors (Lipinski definition) is 1. The van der Waals surface area contributed by atoms with Crippen molar-refractivity contribution in [1.29, 1.82) is 0 Å². The van der Waals surface area contributed by atoms with E-state index in [1.807, 2.05) is 29.2 Å². The van der Waals surface area contributed by atoms with Crippen LogP contribution in [0.1, 0.15) is 43.1 Å². The lowest BCUT2D eigenvalue weighted by Gasteiger charge is -2.27. The molecule has 1 saturated heterocycles. The van der Waals surface area contributed by atoms with E-state index in [1.165, 1.54) is 0 Å². The van der Waals surface area contributed by atoms with Gasteiger partial charge >= 0.3 is 0 Å². The van der Waals surface area contributed by atoms with Gasteiger partial charge in [0.05, 0.1) is 0 Å². The highest BCUT2D eigenvalue weighted by Crippen LogP contribution is 2.34. The minimum Gasteiger partial charge on any atom is -0.338 e. The van der Waals surface area contributed by atoms with Crippen molar-refractivity contribution in [2.45, 2.75) is 33.7 Å². The fourth-order valence-corrected chi connectivity index (χ4v) is 2.62. The summed E-state index contributed by atoms with van der Waals surface area (Å²) in [7, 11) is 0. The van der Waals surface area contributed by atoms with Gasteiger partial charge in [-0.2, -0.15) is 0 Å². The van der Waals surface area contributed by atoms with Crippen LogP contribution in [0.5, 0.6) is 0 Å². The lowest BCUT2D eigenvalue weighted by Crippen LogP contribution is -2.31. The van der Waals surface area contributed by atoms with Crippen LogP contribution in [0.25, 0.3) is 0 Å². The van der Waals surface area contributed by atoms with Crippen LogP contribution in [-0.4, -0.2) is 23.9 Å². The summed E-state index contributed by atoms with van der Waals surface area (Å²) >= 11 is 0. The predicted octanol–water partition coefficient (Wildman–Crippen LogP) is 2.65. The number of nitrogens with zero attached hydrogens (tertiary/aromatic N) is 1. The van der Waals surface area contributed by atoms with Crippen molar-refractivity contribution in [2.24, 2.45) is 17.1 Å². The molecule has 2 rings (SSSR count). The lowest BCUT2D eigenvalue weighted by atomic mass is 9.80. The Morgan fingerprint density at radius 3 is 2.42 bits per heavy atom. The third kappa shape index (κ3) is 3.16. The molecule has 104 valence electrons. The van der Waals surface area contributed by atoms with Gasteiger partial charge in [-0.3, -0.25) is 4.79 Å². The SMILES string of the molecule is CC(C)(C)C1CCN(C(=O)c2ccc(CN)cc2)C1. The van der Waals surface area contributed by atoms with Crippen molar-refractivity contribution in [3.05, 3.63) is 35.4 Å². The van der Waals surface area contributed by atoms with Gasteiger partial charge in [0.15, 0.2) is 0 Å². The van der Waals surface area contributed by atoms with Crippen LogP contribution in [0, 0.1) is 11.3 Å². The van der Waals surface area contributed by atoms with Crippen LogP contribution in [0.3, 0.4) is 0 Å². The largest absolute Gasteiger partial charge is 0.338 e. The number of amides is 1. The standard InChI is InChI=1S/C16H24N2O/c1-16(2,3)14-8-9-18(11-14)15(19)13-6-4-12(10-17)5-7-13/h4-7,14H,8-11,17H2,1-3H3. The second kappa shape index (κ2) is 5.33. The van der Waals surface area contributed by atoms with Gasteiger partial charge in [0.2, 0.25) is 0 Å². The first-order valence-electron chi connectivity index (χ1n) is 7.00. The monoisotopic (exact) mass is 260 g/mol. The third-order valence-electron chi connectivity index (χ3n) is 4.14. The molecule has 0 aromatic heterocycles. The van der Waals surface area contributed by atoms with Crippen molar-refractivity contribution < 1.29 is 4.79 Å². The first kappa shape index (κ1) is 14.1. The van der Waals surface area contributed by atoms with Gasteiger partial charge in [0, 0.05) is 25.2 Å². The maximum Gasteiger partial charge on any atom is 0.253 e. The van der Waals surface area contributed by atoms with Crippen LogP contribution in [-0.2, 0) is 6.54 Å². The number of hydrogen-bond acceptors (Lipinski definition) is 2. The van der Waals surface area contributed by atoms with Gasteiger partial charge in [-0.15, -0.1) is 0 Å². The van der Waals surface area contributed by atoms with Crippen LogP contribution in [0.15, 0.2) is 24.3 Å². The zero-order chi connectivity index (χ0) is 14.0. The van der Waals surface area contributed by atoms with Crippen LogP contribution in [0.4, 0.5) is 0 Å². The van der Waals surface area contributed by atoms with Crippen LogP contribution < -0.4 is 5.73 Å². The summed E-state index contributed by atoms with van der Waals surface area (Å²) in [6.45, 7) is 9.02. The second-order valence-corrected chi connectivity index (χ2v) is 6.50. The van der Waals surface area contributed by atoms with Gasteiger partial charge in [-0.25, -0.2) is 0 Å². The smallest absolute Gasteiger partial charge is 0.253 e. The summed E-state index contributed by atoms with van der Waals surface area (Å²) in [5.74, 6) is 0.745. The average Bonchev–Trinajstić information content (AvgIpc) is 2.87. The van der Waals surface area contributed by atoms with Gasteiger partial charge < -0.3 is 10.6 Å². The summed E-state index contributed by atoms with van der Waals surface area (Å²) in [6, 6.07) is 7.64. The number of benzene rings is 1. The van der Waals surface area contributed by atoms with Gasteiger partial charge in [0.1, 0.15) is 0 Å². The van der Waals surface area contributed by atoms with E-state index < -0.39 is 0 Å². The minimum atomic E-state index is 0.148. The van der Waals surface area contributed by atoms with E-state index in [9.17, 15) is 4.79 Å². The molecule has 1 atom stereocenters. The molecule has 0 aliphatic carbocycles. The molecule has 1 amide bonds. The first-order chi connectivity index (χ1) is 8.91. The Morgan fingerprint density at radius 2 is 1.95 bits per heavy atom. The highest BCUT2D eigenvalue weighted by molar-refractivity contribution is 5.94. The van der Waals surface area contributed by atoms with Crippen molar-refractivity contribution in [3.8, 4) is 0 Å². The van der Waals surface area contributed by atoms with E-state index in [1.54, 1.807) is 0 Å². The molecule has 1 aromatic carbocycles. The Morgan fingerprint density at radius 1 is 1.32 bits per heavy atom. The minimum absolute atomic E-state index is 0.148. The van der Waals surface area contributed by atoms with Crippen molar-refractivity contribution in [1.82, 2.24) is 4.90 Å². The number of nitrogens with two attached hydrogens (primary N) is 1. The number of likely N-dealkylation sites (tertiary alicyclic amines) is 1. The number of rotatable bonds is 2. The summed E-state index contributed by atoms with van der Waals surface area (Å²) in [5, 5.41) is 0. The molecule has 3 heteroatoms. The van der Waals surface area contributed by atoms with E-state index in [2.05, 4.69) is 20.8 Å². The lowest BCUT2D eigenvalue weighted by molar-refractivity contribution is 0.0776. The molecular formula is C16H24N2O. The van der Waals surface area contributed by atoms with Gasteiger partial charge in [-0.05, 0) is 35.4 Å². The molecule has 0 bridgehead atoms. The Hall–Kier alpha value is -1.35. The average molecular weight is 260 g/mol. The Balaban J connectivity index is 2.04. The molecule has 0 spiro atoms. The second-order valence-electron chi connectivity index (χ2n) is 6.50. The zero-order valence-corrected chi connectivity index (χ0v) is 12.1. The van der Waals surface area contributed by atoms with E-state index in [0.717, 1.165) is 30.6 Å². The molecule has 19 heavy (non-hydrogen) atoms. The highest BCUT2D eigenvalue weighted by atomic mass is 16.2. The molecule has 1 aliphatic heterocycles. The van der Waals surface area contributed by atoms with E-state index >= 15 is 0 Å². The van der Waals surface area contributed by atoms with Crippen LogP contribution in [0.2, 0.25) is 0 Å². The molecule has 2 N–H and O–H groups in total. The Labute approximate surface area is 115 Å². The van der Waals surface area contributed by atoms with Crippen molar-refractivity contribution in [3.63, 3.8) is 0 Å². The van der Waals surface area contributed by atoms with E-state index in [0.29, 0.717) is 12.5 Å². The molecule has 3 nitrogen and oxygen atoms in total. The Bertz CT molecular complexity index is 445. The topological polar surface area (TPSA) is 46.3 Å². The summed E-state index contributed by atoms with van der Waals surface area (Å²) in [4.78, 5) is 14.4. The zero-order valence-electron chi connectivity index (χ0n) is 12.1. The van der Waals surface area contributed by atoms with E-state index in [4.69, 9.17) is 5.73 Å². The normalized spacial score (nSPS) is 19.8. The molecule has 1 fully saturated rings. The summed E-state index contributed by atoms with van der Waals surface area (Å²) in [5.41, 5.74) is 7.68. The van der Waals surface area contributed by atoms with Crippen molar-refractivity contribution in [2.75, 3.05) is 13.1 Å². The maximum atomic E-state index is 12.4. The van der Waals surface area contributed by atoms with Crippen LogP contribution >= 0.6 is 0 Å². The van der Waals surface area contributed by atoms with Gasteiger partial charge in [0.25, 0.3) is 5.91 Å².